The highest BCUT2D eigenvalue weighted by molar-refractivity contribution is 6.30. The summed E-state index contributed by atoms with van der Waals surface area (Å²) >= 11 is 5.97. The molecule has 1 aromatic heterocycles. The topological polar surface area (TPSA) is 53.4 Å². The lowest BCUT2D eigenvalue weighted by Crippen LogP contribution is -2.37. The third-order valence-corrected chi connectivity index (χ3v) is 3.92. The molecule has 2 heterocycles. The fraction of sp³-hybridized carbons (Fsp3) is 0.250. The lowest BCUT2D eigenvalue weighted by atomic mass is 9.98. The Bertz CT molecular complexity index is 700. The van der Waals surface area contributed by atoms with Gasteiger partial charge in [0.1, 0.15) is 0 Å². The van der Waals surface area contributed by atoms with Gasteiger partial charge in [-0.05, 0) is 43.2 Å². The van der Waals surface area contributed by atoms with Crippen LogP contribution in [-0.4, -0.2) is 22.5 Å². The number of aliphatic hydroxyl groups is 1. The molecule has 2 aromatic rings. The van der Waals surface area contributed by atoms with E-state index < -0.39 is 6.10 Å². The second-order valence-electron chi connectivity index (χ2n) is 5.16. The van der Waals surface area contributed by atoms with Crippen LogP contribution in [0.2, 0.25) is 5.02 Å². The van der Waals surface area contributed by atoms with Crippen LogP contribution in [0.5, 0.6) is 0 Å². The van der Waals surface area contributed by atoms with Gasteiger partial charge in [-0.1, -0.05) is 11.6 Å². The van der Waals surface area contributed by atoms with Crippen LogP contribution in [0.15, 0.2) is 36.7 Å². The van der Waals surface area contributed by atoms with Crippen LogP contribution < -0.4 is 4.90 Å². The number of fused-ring (bicyclic) bond motifs is 1. The van der Waals surface area contributed by atoms with Crippen LogP contribution >= 0.6 is 11.6 Å². The average Bonchev–Trinajstić information content (AvgIpc) is 2.47. The molecule has 1 aromatic carbocycles. The number of rotatable bonds is 2. The molecule has 1 amide bonds. The highest BCUT2D eigenvalue weighted by Gasteiger charge is 2.26. The maximum absolute atomic E-state index is 12.6. The van der Waals surface area contributed by atoms with Gasteiger partial charge in [0.2, 0.25) is 0 Å². The van der Waals surface area contributed by atoms with E-state index in [1.165, 1.54) is 0 Å². The average molecular weight is 303 g/mol. The van der Waals surface area contributed by atoms with Crippen molar-refractivity contribution in [2.45, 2.75) is 19.4 Å². The number of hydrogen-bond acceptors (Lipinski definition) is 3. The lowest BCUT2D eigenvalue weighted by molar-refractivity contribution is 0.0980. The Morgan fingerprint density at radius 3 is 2.90 bits per heavy atom. The first-order chi connectivity index (χ1) is 10.1. The summed E-state index contributed by atoms with van der Waals surface area (Å²) in [5, 5.41) is 10.3. The number of hydrogen-bond donors (Lipinski definition) is 1. The first-order valence-corrected chi connectivity index (χ1v) is 7.17. The van der Waals surface area contributed by atoms with Gasteiger partial charge >= 0.3 is 0 Å². The first kappa shape index (κ1) is 14.0. The molecule has 1 aliphatic heterocycles. The summed E-state index contributed by atoms with van der Waals surface area (Å²) in [6.07, 6.45) is 3.39. The molecule has 1 unspecified atom stereocenters. The van der Waals surface area contributed by atoms with E-state index in [2.05, 4.69) is 4.98 Å². The van der Waals surface area contributed by atoms with E-state index in [-0.39, 0.29) is 5.91 Å². The normalized spacial score (nSPS) is 15.8. The van der Waals surface area contributed by atoms with Crippen LogP contribution in [0, 0.1) is 0 Å². The molecule has 0 aliphatic carbocycles. The summed E-state index contributed by atoms with van der Waals surface area (Å²) in [6, 6.07) is 7.14. The molecule has 0 saturated heterocycles. The van der Waals surface area contributed by atoms with Gasteiger partial charge in [0.15, 0.2) is 0 Å². The monoisotopic (exact) mass is 302 g/mol. The summed E-state index contributed by atoms with van der Waals surface area (Å²) in [4.78, 5) is 18.4. The zero-order valence-electron chi connectivity index (χ0n) is 11.6. The highest BCUT2D eigenvalue weighted by atomic mass is 35.5. The number of carbonyl (C=O) groups is 1. The van der Waals surface area contributed by atoms with Crippen LogP contribution in [-0.2, 0) is 6.42 Å². The number of nitrogens with zero attached hydrogens (tertiary/aromatic N) is 2. The van der Waals surface area contributed by atoms with Crippen molar-refractivity contribution in [2.24, 2.45) is 0 Å². The van der Waals surface area contributed by atoms with Crippen LogP contribution in [0.3, 0.4) is 0 Å². The Kier molecular flexibility index (Phi) is 3.66. The van der Waals surface area contributed by atoms with E-state index in [1.54, 1.807) is 42.4 Å². The Labute approximate surface area is 128 Å². The number of benzene rings is 1. The van der Waals surface area contributed by atoms with E-state index in [4.69, 9.17) is 11.6 Å². The van der Waals surface area contributed by atoms with Crippen molar-refractivity contribution in [2.75, 3.05) is 11.4 Å². The van der Waals surface area contributed by atoms with Crippen molar-refractivity contribution >= 4 is 23.2 Å². The summed E-state index contributed by atoms with van der Waals surface area (Å²) in [6.45, 7) is 2.26. The van der Waals surface area contributed by atoms with Crippen molar-refractivity contribution in [3.8, 4) is 0 Å². The van der Waals surface area contributed by atoms with E-state index in [0.717, 1.165) is 12.0 Å². The summed E-state index contributed by atoms with van der Waals surface area (Å²) in [5.41, 5.74) is 3.05. The predicted molar refractivity (Wildman–Crippen MR) is 81.7 cm³/mol. The molecule has 0 spiro atoms. The minimum absolute atomic E-state index is 0.0579. The molecule has 0 radical (unpaired) electrons. The smallest absolute Gasteiger partial charge is 0.258 e. The zero-order chi connectivity index (χ0) is 15.0. The van der Waals surface area contributed by atoms with Gasteiger partial charge in [0, 0.05) is 28.9 Å². The molecule has 0 saturated carbocycles. The Morgan fingerprint density at radius 2 is 2.14 bits per heavy atom. The summed E-state index contributed by atoms with van der Waals surface area (Å²) in [5.74, 6) is -0.0579. The number of carbonyl (C=O) groups excluding carboxylic acids is 1. The zero-order valence-corrected chi connectivity index (χ0v) is 12.3. The van der Waals surface area contributed by atoms with Gasteiger partial charge in [-0.15, -0.1) is 0 Å². The number of pyridine rings is 1. The van der Waals surface area contributed by atoms with Gasteiger partial charge in [0.25, 0.3) is 5.91 Å². The number of amides is 1. The third kappa shape index (κ3) is 2.64. The SMILES string of the molecule is CC(O)c1cncc(N2CCc3cc(Cl)ccc3C2=O)c1. The Balaban J connectivity index is 1.96. The molecule has 1 atom stereocenters. The number of aliphatic hydroxyl groups excluding tert-OH is 1. The van der Waals surface area contributed by atoms with Crippen LogP contribution in [0.25, 0.3) is 0 Å². The number of aromatic nitrogens is 1. The molecule has 21 heavy (non-hydrogen) atoms. The Morgan fingerprint density at radius 1 is 1.33 bits per heavy atom. The maximum Gasteiger partial charge on any atom is 0.258 e. The molecular weight excluding hydrogens is 288 g/mol. The van der Waals surface area contributed by atoms with Crippen LogP contribution in [0.4, 0.5) is 5.69 Å². The lowest BCUT2D eigenvalue weighted by Gasteiger charge is -2.28. The molecule has 1 aliphatic rings. The molecule has 108 valence electrons. The van der Waals surface area contributed by atoms with Crippen molar-refractivity contribution in [3.63, 3.8) is 0 Å². The Hall–Kier alpha value is -1.91. The van der Waals surface area contributed by atoms with Gasteiger partial charge in [0.05, 0.1) is 18.0 Å². The van der Waals surface area contributed by atoms with Crippen molar-refractivity contribution in [1.82, 2.24) is 4.98 Å². The minimum atomic E-state index is -0.608. The van der Waals surface area contributed by atoms with Gasteiger partial charge in [-0.3, -0.25) is 9.78 Å². The predicted octanol–water partition coefficient (Wildman–Crippen LogP) is 2.99. The molecule has 0 bridgehead atoms. The first-order valence-electron chi connectivity index (χ1n) is 6.79. The second-order valence-corrected chi connectivity index (χ2v) is 5.60. The quantitative estimate of drug-likeness (QED) is 0.928. The van der Waals surface area contributed by atoms with Gasteiger partial charge < -0.3 is 10.0 Å². The van der Waals surface area contributed by atoms with Crippen LogP contribution in [0.1, 0.15) is 34.5 Å². The minimum Gasteiger partial charge on any atom is -0.389 e. The summed E-state index contributed by atoms with van der Waals surface area (Å²) in [7, 11) is 0. The third-order valence-electron chi connectivity index (χ3n) is 3.69. The van der Waals surface area contributed by atoms with Gasteiger partial charge in [-0.25, -0.2) is 0 Å². The standard InChI is InChI=1S/C16H15ClN2O2/c1-10(20)12-7-14(9-18-8-12)19-5-4-11-6-13(17)2-3-15(11)16(19)21/h2-3,6-10,20H,4-5H2,1H3. The fourth-order valence-corrected chi connectivity index (χ4v) is 2.72. The fourth-order valence-electron chi connectivity index (χ4n) is 2.52. The summed E-state index contributed by atoms with van der Waals surface area (Å²) < 4.78 is 0. The van der Waals surface area contributed by atoms with E-state index >= 15 is 0 Å². The number of halogens is 1. The van der Waals surface area contributed by atoms with Gasteiger partial charge in [-0.2, -0.15) is 0 Å². The molecule has 5 heteroatoms. The van der Waals surface area contributed by atoms with E-state index in [1.807, 2.05) is 6.07 Å². The molecule has 3 rings (SSSR count). The van der Waals surface area contributed by atoms with Crippen molar-refractivity contribution in [3.05, 3.63) is 58.4 Å². The second kappa shape index (κ2) is 5.47. The largest absolute Gasteiger partial charge is 0.389 e. The molecule has 4 nitrogen and oxygen atoms in total. The van der Waals surface area contributed by atoms with E-state index in [9.17, 15) is 9.90 Å². The van der Waals surface area contributed by atoms with E-state index in [0.29, 0.717) is 28.4 Å². The molecular formula is C16H15ClN2O2. The number of anilines is 1. The van der Waals surface area contributed by atoms with Crippen molar-refractivity contribution < 1.29 is 9.90 Å². The molecule has 0 fully saturated rings. The molecule has 1 N–H and O–H groups in total. The highest BCUT2D eigenvalue weighted by Crippen LogP contribution is 2.27. The van der Waals surface area contributed by atoms with Crippen molar-refractivity contribution in [1.29, 1.82) is 0 Å². The maximum atomic E-state index is 12.6.